The largest absolute Gasteiger partial charge is 0.340 e. The lowest BCUT2D eigenvalue weighted by Crippen LogP contribution is -2.51. The molecule has 0 bridgehead atoms. The Kier molecular flexibility index (Phi) is 5.37. The fourth-order valence-corrected chi connectivity index (χ4v) is 1.88. The quantitative estimate of drug-likeness (QED) is 0.824. The molecule has 2 rings (SSSR count). The zero-order valence-electron chi connectivity index (χ0n) is 9.87. The molecule has 6 nitrogen and oxygen atoms in total. The van der Waals surface area contributed by atoms with Crippen LogP contribution in [0.4, 0.5) is 0 Å². The third-order valence-electron chi connectivity index (χ3n) is 2.75. The first kappa shape index (κ1) is 13.9. The number of amides is 1. The third kappa shape index (κ3) is 3.98. The van der Waals surface area contributed by atoms with Crippen LogP contribution in [0.25, 0.3) is 0 Å². The highest BCUT2D eigenvalue weighted by Crippen LogP contribution is 2.02. The smallest absolute Gasteiger partial charge is 0.224 e. The summed E-state index contributed by atoms with van der Waals surface area (Å²) in [5, 5.41) is 10.8. The van der Waals surface area contributed by atoms with Gasteiger partial charge in [-0.2, -0.15) is 0 Å². The number of rotatable bonds is 3. The number of nitrogens with zero attached hydrogens (tertiary/aromatic N) is 4. The van der Waals surface area contributed by atoms with Crippen LogP contribution in [0.3, 0.4) is 0 Å². The molecule has 0 spiro atoms. The highest BCUT2D eigenvalue weighted by Gasteiger charge is 2.19. The molecule has 0 radical (unpaired) electrons. The van der Waals surface area contributed by atoms with Crippen molar-refractivity contribution in [1.29, 1.82) is 0 Å². The first-order valence-electron chi connectivity index (χ1n) is 5.61. The van der Waals surface area contributed by atoms with Crippen LogP contribution in [0.5, 0.6) is 0 Å². The van der Waals surface area contributed by atoms with Crippen LogP contribution in [0.15, 0.2) is 12.4 Å². The van der Waals surface area contributed by atoms with Gasteiger partial charge in [0.1, 0.15) is 0 Å². The number of aromatic nitrogens is 3. The van der Waals surface area contributed by atoms with E-state index in [4.69, 9.17) is 0 Å². The second-order valence-corrected chi connectivity index (χ2v) is 4.11. The van der Waals surface area contributed by atoms with Crippen molar-refractivity contribution >= 4 is 18.3 Å². The van der Waals surface area contributed by atoms with Gasteiger partial charge in [-0.1, -0.05) is 5.21 Å². The zero-order valence-corrected chi connectivity index (χ0v) is 10.7. The molecular formula is C10H18ClN5O. The van der Waals surface area contributed by atoms with Crippen molar-refractivity contribution in [2.45, 2.75) is 25.9 Å². The summed E-state index contributed by atoms with van der Waals surface area (Å²) < 4.78 is 1.68. The molecule has 7 heteroatoms. The Labute approximate surface area is 107 Å². The normalized spacial score (nSPS) is 19.8. The standard InChI is InChI=1S/C10H17N5O.ClH/c1-9-8-14(6-3-11-9)10(16)2-5-15-7-4-12-13-15;/h4,7,9,11H,2-3,5-6,8H2,1H3;1H. The summed E-state index contributed by atoms with van der Waals surface area (Å²) in [6.45, 7) is 5.20. The number of aryl methyl sites for hydroxylation is 1. The Hall–Kier alpha value is -1.14. The van der Waals surface area contributed by atoms with E-state index in [0.29, 0.717) is 19.0 Å². The minimum absolute atomic E-state index is 0. The van der Waals surface area contributed by atoms with Crippen molar-refractivity contribution < 1.29 is 4.79 Å². The lowest BCUT2D eigenvalue weighted by atomic mass is 10.2. The summed E-state index contributed by atoms with van der Waals surface area (Å²) in [5.41, 5.74) is 0. The maximum absolute atomic E-state index is 11.9. The lowest BCUT2D eigenvalue weighted by molar-refractivity contribution is -0.132. The zero-order chi connectivity index (χ0) is 11.4. The lowest BCUT2D eigenvalue weighted by Gasteiger charge is -2.31. The van der Waals surface area contributed by atoms with Crippen molar-refractivity contribution in [3.8, 4) is 0 Å². The Bertz CT molecular complexity index is 342. The molecule has 17 heavy (non-hydrogen) atoms. The molecule has 1 saturated heterocycles. The number of hydrogen-bond donors (Lipinski definition) is 1. The van der Waals surface area contributed by atoms with Crippen LogP contribution in [-0.2, 0) is 11.3 Å². The maximum atomic E-state index is 11.9. The van der Waals surface area contributed by atoms with E-state index in [0.717, 1.165) is 19.6 Å². The van der Waals surface area contributed by atoms with Crippen LogP contribution in [0, 0.1) is 0 Å². The van der Waals surface area contributed by atoms with Gasteiger partial charge in [0.05, 0.1) is 12.7 Å². The Morgan fingerprint density at radius 3 is 3.06 bits per heavy atom. The maximum Gasteiger partial charge on any atom is 0.224 e. The van der Waals surface area contributed by atoms with Crippen molar-refractivity contribution in [2.24, 2.45) is 0 Å². The van der Waals surface area contributed by atoms with E-state index in [-0.39, 0.29) is 18.3 Å². The summed E-state index contributed by atoms with van der Waals surface area (Å²) in [6, 6.07) is 0.393. The SMILES string of the molecule is CC1CN(C(=O)CCn2ccnn2)CCN1.Cl. The molecule has 2 heterocycles. The average Bonchev–Trinajstić information content (AvgIpc) is 2.78. The highest BCUT2D eigenvalue weighted by atomic mass is 35.5. The van der Waals surface area contributed by atoms with Crippen LogP contribution in [0.2, 0.25) is 0 Å². The summed E-state index contributed by atoms with van der Waals surface area (Å²) in [6.07, 6.45) is 3.89. The number of nitrogens with one attached hydrogen (secondary N) is 1. The third-order valence-corrected chi connectivity index (χ3v) is 2.75. The van der Waals surface area contributed by atoms with E-state index in [9.17, 15) is 4.79 Å². The molecular weight excluding hydrogens is 242 g/mol. The molecule has 0 aromatic carbocycles. The molecule has 1 aliphatic rings. The van der Waals surface area contributed by atoms with E-state index in [1.54, 1.807) is 17.1 Å². The van der Waals surface area contributed by atoms with E-state index in [1.807, 2.05) is 4.90 Å². The van der Waals surface area contributed by atoms with Gasteiger partial charge in [-0.15, -0.1) is 17.5 Å². The minimum Gasteiger partial charge on any atom is -0.340 e. The average molecular weight is 260 g/mol. The predicted octanol–water partition coefficient (Wildman–Crippen LogP) is -0.0897. The predicted molar refractivity (Wildman–Crippen MR) is 65.9 cm³/mol. The molecule has 1 aromatic heterocycles. The molecule has 1 unspecified atom stereocenters. The summed E-state index contributed by atoms with van der Waals surface area (Å²) >= 11 is 0. The van der Waals surface area contributed by atoms with Gasteiger partial charge < -0.3 is 10.2 Å². The molecule has 1 amide bonds. The molecule has 0 saturated carbocycles. The highest BCUT2D eigenvalue weighted by molar-refractivity contribution is 5.85. The van der Waals surface area contributed by atoms with Gasteiger partial charge in [0.2, 0.25) is 5.91 Å². The van der Waals surface area contributed by atoms with E-state index in [2.05, 4.69) is 22.6 Å². The number of carbonyl (C=O) groups is 1. The van der Waals surface area contributed by atoms with Crippen molar-refractivity contribution in [2.75, 3.05) is 19.6 Å². The second kappa shape index (κ2) is 6.56. The number of piperazine rings is 1. The van der Waals surface area contributed by atoms with Gasteiger partial charge >= 0.3 is 0 Å². The Morgan fingerprint density at radius 2 is 2.41 bits per heavy atom. The fourth-order valence-electron chi connectivity index (χ4n) is 1.88. The minimum atomic E-state index is 0. The summed E-state index contributed by atoms with van der Waals surface area (Å²) in [5.74, 6) is 0.198. The molecule has 0 aliphatic carbocycles. The molecule has 96 valence electrons. The number of carbonyl (C=O) groups excluding carboxylic acids is 1. The van der Waals surface area contributed by atoms with E-state index in [1.165, 1.54) is 0 Å². The van der Waals surface area contributed by atoms with E-state index < -0.39 is 0 Å². The van der Waals surface area contributed by atoms with Gasteiger partial charge in [0.15, 0.2) is 0 Å². The van der Waals surface area contributed by atoms with Crippen LogP contribution < -0.4 is 5.32 Å². The van der Waals surface area contributed by atoms with Crippen molar-refractivity contribution in [1.82, 2.24) is 25.2 Å². The topological polar surface area (TPSA) is 63.1 Å². The van der Waals surface area contributed by atoms with Gasteiger partial charge in [-0.3, -0.25) is 9.48 Å². The monoisotopic (exact) mass is 259 g/mol. The molecule has 1 aromatic rings. The Balaban J connectivity index is 0.00000144. The summed E-state index contributed by atoms with van der Waals surface area (Å²) in [7, 11) is 0. The fraction of sp³-hybridized carbons (Fsp3) is 0.700. The second-order valence-electron chi connectivity index (χ2n) is 4.11. The van der Waals surface area contributed by atoms with Crippen molar-refractivity contribution in [3.63, 3.8) is 0 Å². The van der Waals surface area contributed by atoms with Gasteiger partial charge in [-0.05, 0) is 6.92 Å². The summed E-state index contributed by atoms with van der Waals surface area (Å²) in [4.78, 5) is 13.8. The number of halogens is 1. The molecule has 1 N–H and O–H groups in total. The van der Waals surface area contributed by atoms with Gasteiger partial charge in [0, 0.05) is 38.3 Å². The van der Waals surface area contributed by atoms with Gasteiger partial charge in [-0.25, -0.2) is 0 Å². The molecule has 1 fully saturated rings. The van der Waals surface area contributed by atoms with Gasteiger partial charge in [0.25, 0.3) is 0 Å². The van der Waals surface area contributed by atoms with Crippen molar-refractivity contribution in [3.05, 3.63) is 12.4 Å². The first-order valence-corrected chi connectivity index (χ1v) is 5.61. The number of hydrogen-bond acceptors (Lipinski definition) is 4. The molecule has 1 aliphatic heterocycles. The van der Waals surface area contributed by atoms with Crippen LogP contribution in [0.1, 0.15) is 13.3 Å². The molecule has 1 atom stereocenters. The van der Waals surface area contributed by atoms with E-state index >= 15 is 0 Å². The van der Waals surface area contributed by atoms with Crippen LogP contribution >= 0.6 is 12.4 Å². The first-order chi connectivity index (χ1) is 7.75. The Morgan fingerprint density at radius 1 is 1.59 bits per heavy atom. The van der Waals surface area contributed by atoms with Crippen LogP contribution in [-0.4, -0.2) is 51.5 Å².